The van der Waals surface area contributed by atoms with E-state index in [0.29, 0.717) is 17.9 Å². The smallest absolute Gasteiger partial charge is 0.295 e. The normalized spacial score (nSPS) is 17.9. The molecule has 0 saturated carbocycles. The first-order valence-electron chi connectivity index (χ1n) is 10.8. The topological polar surface area (TPSA) is 70.1 Å². The third kappa shape index (κ3) is 5.05. The number of carbonyl (C=O) groups excluding carboxylic acids is 2. The van der Waals surface area contributed by atoms with Gasteiger partial charge in [-0.1, -0.05) is 54.0 Å². The Bertz CT molecular complexity index is 1020. The zero-order chi connectivity index (χ0) is 23.3. The Morgan fingerprint density at radius 2 is 1.84 bits per heavy atom. The van der Waals surface area contributed by atoms with Crippen molar-refractivity contribution in [2.75, 3.05) is 33.3 Å². The second-order valence-corrected chi connectivity index (χ2v) is 8.58. The first-order valence-corrected chi connectivity index (χ1v) is 11.6. The van der Waals surface area contributed by atoms with E-state index in [2.05, 4.69) is 34.7 Å². The van der Waals surface area contributed by atoms with Crippen molar-refractivity contribution in [3.8, 4) is 5.75 Å². The van der Waals surface area contributed by atoms with Gasteiger partial charge in [0.1, 0.15) is 11.5 Å². The summed E-state index contributed by atoms with van der Waals surface area (Å²) >= 11 is 3.48. The molecule has 6 nitrogen and oxygen atoms in total. The van der Waals surface area contributed by atoms with Crippen molar-refractivity contribution < 1.29 is 19.4 Å². The van der Waals surface area contributed by atoms with E-state index in [1.165, 1.54) is 7.11 Å². The Balaban J connectivity index is 2.04. The van der Waals surface area contributed by atoms with Crippen LogP contribution in [-0.4, -0.2) is 59.9 Å². The predicted molar refractivity (Wildman–Crippen MR) is 129 cm³/mol. The SMILES string of the molecule is CCN(CC)CCCN1C(=O)C(=O)C(=C(O)c2cccc(OC)c2)[C@H]1c1cccc(Br)c1. The quantitative estimate of drug-likeness (QED) is 0.309. The molecule has 0 spiro atoms. The molecule has 1 atom stereocenters. The second-order valence-electron chi connectivity index (χ2n) is 7.66. The van der Waals surface area contributed by atoms with E-state index >= 15 is 0 Å². The number of nitrogens with zero attached hydrogens (tertiary/aromatic N) is 2. The van der Waals surface area contributed by atoms with E-state index in [1.807, 2.05) is 24.3 Å². The van der Waals surface area contributed by atoms with Gasteiger partial charge in [-0.3, -0.25) is 9.59 Å². The lowest BCUT2D eigenvalue weighted by molar-refractivity contribution is -0.140. The fourth-order valence-corrected chi connectivity index (χ4v) is 4.48. The monoisotopic (exact) mass is 500 g/mol. The Kier molecular flexibility index (Phi) is 8.10. The van der Waals surface area contributed by atoms with Gasteiger partial charge in [0.15, 0.2) is 0 Å². The fraction of sp³-hybridized carbons (Fsp3) is 0.360. The highest BCUT2D eigenvalue weighted by atomic mass is 79.9. The lowest BCUT2D eigenvalue weighted by atomic mass is 9.95. The van der Waals surface area contributed by atoms with Crippen LogP contribution >= 0.6 is 15.9 Å². The highest BCUT2D eigenvalue weighted by Crippen LogP contribution is 2.40. The van der Waals surface area contributed by atoms with Crippen molar-refractivity contribution in [2.45, 2.75) is 26.3 Å². The summed E-state index contributed by atoms with van der Waals surface area (Å²) in [6, 6.07) is 13.7. The Labute approximate surface area is 197 Å². The summed E-state index contributed by atoms with van der Waals surface area (Å²) < 4.78 is 6.09. The van der Waals surface area contributed by atoms with E-state index < -0.39 is 17.7 Å². The number of rotatable bonds is 9. The number of Topliss-reactive ketones (excluding diaryl/α,β-unsaturated/α-hetero) is 1. The molecular weight excluding hydrogens is 472 g/mol. The standard InChI is InChI=1S/C25H29BrN2O4/c1-4-27(5-2)13-8-14-28-22(17-9-6-11-19(26)15-17)21(24(30)25(28)31)23(29)18-10-7-12-20(16-18)32-3/h6-7,9-12,15-16,22,29H,4-5,8,13-14H2,1-3H3/t22-/m1/s1. The first kappa shape index (κ1) is 24.0. The van der Waals surface area contributed by atoms with Crippen LogP contribution in [0.25, 0.3) is 5.76 Å². The number of methoxy groups -OCH3 is 1. The predicted octanol–water partition coefficient (Wildman–Crippen LogP) is 4.61. The molecule has 32 heavy (non-hydrogen) atoms. The van der Waals surface area contributed by atoms with Crippen molar-refractivity contribution in [1.29, 1.82) is 0 Å². The van der Waals surface area contributed by atoms with Crippen LogP contribution in [0.5, 0.6) is 5.75 Å². The molecule has 1 heterocycles. The van der Waals surface area contributed by atoms with Gasteiger partial charge in [0.25, 0.3) is 11.7 Å². The van der Waals surface area contributed by atoms with Crippen molar-refractivity contribution in [3.63, 3.8) is 0 Å². The molecule has 3 rings (SSSR count). The van der Waals surface area contributed by atoms with Gasteiger partial charge in [-0.2, -0.15) is 0 Å². The maximum atomic E-state index is 13.1. The van der Waals surface area contributed by atoms with Crippen molar-refractivity contribution >= 4 is 33.4 Å². The van der Waals surface area contributed by atoms with Gasteiger partial charge in [-0.15, -0.1) is 0 Å². The Morgan fingerprint density at radius 3 is 2.50 bits per heavy atom. The molecule has 1 aliphatic heterocycles. The second kappa shape index (κ2) is 10.8. The van der Waals surface area contributed by atoms with E-state index in [0.717, 1.165) is 36.1 Å². The zero-order valence-corrected chi connectivity index (χ0v) is 20.3. The highest BCUT2D eigenvalue weighted by molar-refractivity contribution is 9.10. The van der Waals surface area contributed by atoms with Crippen LogP contribution in [0.1, 0.15) is 37.4 Å². The number of aliphatic hydroxyl groups is 1. The summed E-state index contributed by atoms with van der Waals surface area (Å²) in [5, 5.41) is 11.1. The molecule has 170 valence electrons. The van der Waals surface area contributed by atoms with Crippen LogP contribution in [0.3, 0.4) is 0 Å². The third-order valence-electron chi connectivity index (χ3n) is 5.82. The van der Waals surface area contributed by atoms with E-state index in [9.17, 15) is 14.7 Å². The zero-order valence-electron chi connectivity index (χ0n) is 18.7. The van der Waals surface area contributed by atoms with Gasteiger partial charge in [0.2, 0.25) is 0 Å². The van der Waals surface area contributed by atoms with Crippen molar-refractivity contribution in [2.24, 2.45) is 0 Å². The number of ketones is 1. The summed E-state index contributed by atoms with van der Waals surface area (Å²) in [6.07, 6.45) is 0.735. The molecule has 2 aromatic carbocycles. The van der Waals surface area contributed by atoms with E-state index in [-0.39, 0.29) is 11.3 Å². The molecule has 1 aliphatic rings. The van der Waals surface area contributed by atoms with Gasteiger partial charge < -0.3 is 19.6 Å². The molecule has 0 unspecified atom stereocenters. The minimum atomic E-state index is -0.668. The number of hydrogen-bond acceptors (Lipinski definition) is 5. The minimum Gasteiger partial charge on any atom is -0.507 e. The fourth-order valence-electron chi connectivity index (χ4n) is 4.06. The van der Waals surface area contributed by atoms with Gasteiger partial charge in [0.05, 0.1) is 18.7 Å². The number of likely N-dealkylation sites (tertiary alicyclic amines) is 1. The molecule has 2 aromatic rings. The van der Waals surface area contributed by atoms with Crippen LogP contribution in [0.2, 0.25) is 0 Å². The Morgan fingerprint density at radius 1 is 1.12 bits per heavy atom. The summed E-state index contributed by atoms with van der Waals surface area (Å²) in [7, 11) is 1.54. The maximum absolute atomic E-state index is 13.1. The molecule has 0 aromatic heterocycles. The average Bonchev–Trinajstić information content (AvgIpc) is 3.06. The van der Waals surface area contributed by atoms with Gasteiger partial charge in [0, 0.05) is 16.6 Å². The average molecular weight is 501 g/mol. The van der Waals surface area contributed by atoms with Crippen LogP contribution in [-0.2, 0) is 9.59 Å². The molecular formula is C25H29BrN2O4. The maximum Gasteiger partial charge on any atom is 0.295 e. The van der Waals surface area contributed by atoms with Gasteiger partial charge in [-0.05, 0) is 55.9 Å². The molecule has 0 radical (unpaired) electrons. The molecule has 0 bridgehead atoms. The lowest BCUT2D eigenvalue weighted by Crippen LogP contribution is -2.33. The molecule has 0 aliphatic carbocycles. The third-order valence-corrected chi connectivity index (χ3v) is 6.31. The van der Waals surface area contributed by atoms with E-state index in [1.54, 1.807) is 29.2 Å². The minimum absolute atomic E-state index is 0.101. The highest BCUT2D eigenvalue weighted by Gasteiger charge is 2.45. The number of carbonyl (C=O) groups is 2. The van der Waals surface area contributed by atoms with Gasteiger partial charge in [-0.25, -0.2) is 0 Å². The van der Waals surface area contributed by atoms with Crippen LogP contribution in [0.15, 0.2) is 58.6 Å². The molecule has 1 N–H and O–H groups in total. The number of hydrogen-bond donors (Lipinski definition) is 1. The molecule has 1 fully saturated rings. The molecule has 1 amide bonds. The first-order chi connectivity index (χ1) is 15.4. The van der Waals surface area contributed by atoms with E-state index in [4.69, 9.17) is 4.74 Å². The summed E-state index contributed by atoms with van der Waals surface area (Å²) in [4.78, 5) is 30.0. The lowest BCUT2D eigenvalue weighted by Gasteiger charge is -2.27. The van der Waals surface area contributed by atoms with Crippen molar-refractivity contribution in [1.82, 2.24) is 9.80 Å². The largest absolute Gasteiger partial charge is 0.507 e. The van der Waals surface area contributed by atoms with Gasteiger partial charge >= 0.3 is 0 Å². The summed E-state index contributed by atoms with van der Waals surface area (Å²) in [6.45, 7) is 7.32. The summed E-state index contributed by atoms with van der Waals surface area (Å²) in [5.41, 5.74) is 1.31. The summed E-state index contributed by atoms with van der Waals surface area (Å²) in [5.74, 6) is -0.892. The number of amides is 1. The number of benzene rings is 2. The van der Waals surface area contributed by atoms with Crippen LogP contribution < -0.4 is 4.74 Å². The van der Waals surface area contributed by atoms with Crippen LogP contribution in [0.4, 0.5) is 0 Å². The van der Waals surface area contributed by atoms with Crippen molar-refractivity contribution in [3.05, 3.63) is 69.7 Å². The molecule has 7 heteroatoms. The number of aliphatic hydroxyl groups excluding tert-OH is 1. The number of halogens is 1. The number of ether oxygens (including phenoxy) is 1. The van der Waals surface area contributed by atoms with Crippen LogP contribution in [0, 0.1) is 0 Å². The molecule has 1 saturated heterocycles. The Hall–Kier alpha value is -2.64.